The number of hydrogen-bond acceptors (Lipinski definition) is 3. The Hall–Kier alpha value is -2.82. The molecule has 0 atom stereocenters. The number of hydrogen-bond donors (Lipinski definition) is 1. The van der Waals surface area contributed by atoms with Crippen LogP contribution in [0.5, 0.6) is 0 Å². The summed E-state index contributed by atoms with van der Waals surface area (Å²) in [6, 6.07) is 11.5. The Morgan fingerprint density at radius 2 is 1.91 bits per heavy atom. The third-order valence-electron chi connectivity index (χ3n) is 3.83. The minimum Gasteiger partial charge on any atom is -0.354 e. The number of carbonyl (C=O) groups excluding carboxylic acids is 1. The van der Waals surface area contributed by atoms with Gasteiger partial charge in [0.1, 0.15) is 5.69 Å². The van der Waals surface area contributed by atoms with Gasteiger partial charge in [0.2, 0.25) is 5.88 Å². The summed E-state index contributed by atoms with van der Waals surface area (Å²) in [7, 11) is 1.90. The van der Waals surface area contributed by atoms with E-state index in [4.69, 9.17) is 4.52 Å². The zero-order valence-electron chi connectivity index (χ0n) is 12.8. The molecule has 0 radical (unpaired) electrons. The van der Waals surface area contributed by atoms with E-state index in [1.165, 1.54) is 0 Å². The second-order valence-corrected chi connectivity index (χ2v) is 5.23. The molecule has 2 heterocycles. The lowest BCUT2D eigenvalue weighted by atomic mass is 10.1. The van der Waals surface area contributed by atoms with Crippen molar-refractivity contribution in [2.24, 2.45) is 7.05 Å². The van der Waals surface area contributed by atoms with E-state index in [0.29, 0.717) is 11.4 Å². The Morgan fingerprint density at radius 1 is 1.18 bits per heavy atom. The topological polar surface area (TPSA) is 60.1 Å². The molecule has 0 spiro atoms. The van der Waals surface area contributed by atoms with Crippen LogP contribution in [0.2, 0.25) is 0 Å². The molecule has 3 rings (SSSR count). The van der Waals surface area contributed by atoms with Gasteiger partial charge in [-0.25, -0.2) is 0 Å². The normalized spacial score (nSPS) is 10.7. The van der Waals surface area contributed by atoms with Crippen molar-refractivity contribution < 1.29 is 9.32 Å². The van der Waals surface area contributed by atoms with Crippen molar-refractivity contribution in [3.63, 3.8) is 0 Å². The van der Waals surface area contributed by atoms with E-state index in [1.54, 1.807) is 6.07 Å². The molecular weight excluding hydrogens is 278 g/mol. The van der Waals surface area contributed by atoms with Crippen molar-refractivity contribution in [3.05, 3.63) is 59.4 Å². The first-order valence-electron chi connectivity index (χ1n) is 7.03. The molecule has 5 nitrogen and oxygen atoms in total. The zero-order valence-corrected chi connectivity index (χ0v) is 12.8. The Bertz CT molecular complexity index is 816. The molecule has 1 aromatic carbocycles. The van der Waals surface area contributed by atoms with Gasteiger partial charge in [-0.1, -0.05) is 35.5 Å². The van der Waals surface area contributed by atoms with Crippen molar-refractivity contribution in [2.75, 3.05) is 5.32 Å². The van der Waals surface area contributed by atoms with Crippen LogP contribution in [0, 0.1) is 13.8 Å². The summed E-state index contributed by atoms with van der Waals surface area (Å²) in [5, 5.41) is 6.85. The lowest BCUT2D eigenvalue weighted by molar-refractivity contribution is 0.102. The van der Waals surface area contributed by atoms with Gasteiger partial charge in [-0.05, 0) is 19.9 Å². The molecule has 0 aliphatic heterocycles. The number of nitrogens with zero attached hydrogens (tertiary/aromatic N) is 2. The van der Waals surface area contributed by atoms with Gasteiger partial charge in [-0.15, -0.1) is 0 Å². The first-order chi connectivity index (χ1) is 10.6. The summed E-state index contributed by atoms with van der Waals surface area (Å²) in [6.07, 6.45) is 1.85. The molecule has 0 bridgehead atoms. The highest BCUT2D eigenvalue weighted by Crippen LogP contribution is 2.28. The fraction of sp³-hybridized carbons (Fsp3) is 0.176. The van der Waals surface area contributed by atoms with E-state index >= 15 is 0 Å². The Labute approximate surface area is 128 Å². The van der Waals surface area contributed by atoms with Crippen molar-refractivity contribution in [3.8, 4) is 11.3 Å². The fourth-order valence-electron chi connectivity index (χ4n) is 2.34. The average molecular weight is 295 g/mol. The van der Waals surface area contributed by atoms with Crippen LogP contribution in [0.4, 0.5) is 5.88 Å². The summed E-state index contributed by atoms with van der Waals surface area (Å²) >= 11 is 0. The first-order valence-corrected chi connectivity index (χ1v) is 7.03. The molecule has 112 valence electrons. The maximum atomic E-state index is 12.3. The van der Waals surface area contributed by atoms with Gasteiger partial charge >= 0.3 is 0 Å². The average Bonchev–Trinajstić information content (AvgIpc) is 3.05. The molecular formula is C17H17N3O2. The van der Waals surface area contributed by atoms with Gasteiger partial charge in [-0.3, -0.25) is 10.1 Å². The Kier molecular flexibility index (Phi) is 3.55. The third kappa shape index (κ3) is 2.41. The van der Waals surface area contributed by atoms with E-state index in [9.17, 15) is 4.79 Å². The lowest BCUT2D eigenvalue weighted by Crippen LogP contribution is -2.13. The van der Waals surface area contributed by atoms with Crippen molar-refractivity contribution in [2.45, 2.75) is 13.8 Å². The van der Waals surface area contributed by atoms with Crippen molar-refractivity contribution in [1.82, 2.24) is 9.72 Å². The van der Waals surface area contributed by atoms with Crippen LogP contribution in [0.25, 0.3) is 11.3 Å². The van der Waals surface area contributed by atoms with Crippen LogP contribution in [0.1, 0.15) is 21.6 Å². The van der Waals surface area contributed by atoms with Gasteiger partial charge in [0.25, 0.3) is 5.91 Å². The minimum atomic E-state index is -0.197. The highest BCUT2D eigenvalue weighted by molar-refractivity contribution is 6.05. The molecule has 0 aliphatic rings. The standard InChI is InChI=1S/C17H17N3O2/c1-11-15(13-7-5-4-6-8-13)19-22-17(11)18-16(21)14-9-10-20(3)12(14)2/h4-10H,1-3H3,(H,18,21). The Morgan fingerprint density at radius 3 is 2.55 bits per heavy atom. The molecule has 22 heavy (non-hydrogen) atoms. The highest BCUT2D eigenvalue weighted by Gasteiger charge is 2.18. The number of aromatic nitrogens is 2. The smallest absolute Gasteiger partial charge is 0.259 e. The van der Waals surface area contributed by atoms with Gasteiger partial charge in [0.15, 0.2) is 0 Å². The van der Waals surface area contributed by atoms with E-state index in [-0.39, 0.29) is 5.91 Å². The summed E-state index contributed by atoms with van der Waals surface area (Å²) in [5.74, 6) is 0.184. The zero-order chi connectivity index (χ0) is 15.7. The molecule has 0 fully saturated rings. The van der Waals surface area contributed by atoms with Gasteiger partial charge in [0, 0.05) is 30.1 Å². The molecule has 0 saturated carbocycles. The predicted octanol–water partition coefficient (Wildman–Crippen LogP) is 3.55. The predicted molar refractivity (Wildman–Crippen MR) is 84.8 cm³/mol. The monoisotopic (exact) mass is 295 g/mol. The lowest BCUT2D eigenvalue weighted by Gasteiger charge is -2.03. The van der Waals surface area contributed by atoms with Crippen LogP contribution < -0.4 is 5.32 Å². The van der Waals surface area contributed by atoms with E-state index in [1.807, 2.05) is 62.0 Å². The van der Waals surface area contributed by atoms with Crippen molar-refractivity contribution >= 4 is 11.8 Å². The SMILES string of the molecule is Cc1c(-c2ccccc2)noc1NC(=O)c1ccn(C)c1C. The highest BCUT2D eigenvalue weighted by atomic mass is 16.5. The molecule has 5 heteroatoms. The van der Waals surface area contributed by atoms with Crippen LogP contribution in [-0.2, 0) is 7.05 Å². The number of rotatable bonds is 3. The number of amides is 1. The maximum absolute atomic E-state index is 12.3. The second kappa shape index (κ2) is 5.52. The van der Waals surface area contributed by atoms with Gasteiger partial charge < -0.3 is 9.09 Å². The van der Waals surface area contributed by atoms with Crippen LogP contribution in [0.15, 0.2) is 47.1 Å². The number of benzene rings is 1. The second-order valence-electron chi connectivity index (χ2n) is 5.23. The van der Waals surface area contributed by atoms with Crippen molar-refractivity contribution in [1.29, 1.82) is 0 Å². The minimum absolute atomic E-state index is 0.197. The molecule has 1 amide bonds. The number of carbonyl (C=O) groups is 1. The van der Waals surface area contributed by atoms with E-state index < -0.39 is 0 Å². The summed E-state index contributed by atoms with van der Waals surface area (Å²) < 4.78 is 7.20. The molecule has 0 unspecified atom stereocenters. The fourth-order valence-corrected chi connectivity index (χ4v) is 2.34. The summed E-state index contributed by atoms with van der Waals surface area (Å²) in [6.45, 7) is 3.78. The molecule has 0 saturated heterocycles. The molecule has 2 aromatic heterocycles. The van der Waals surface area contributed by atoms with Gasteiger partial charge in [0.05, 0.1) is 5.56 Å². The maximum Gasteiger partial charge on any atom is 0.259 e. The van der Waals surface area contributed by atoms with Crippen LogP contribution in [-0.4, -0.2) is 15.6 Å². The quantitative estimate of drug-likeness (QED) is 0.804. The number of nitrogens with one attached hydrogen (secondary N) is 1. The summed E-state index contributed by atoms with van der Waals surface area (Å²) in [5.41, 5.74) is 4.03. The van der Waals surface area contributed by atoms with Gasteiger partial charge in [-0.2, -0.15) is 0 Å². The van der Waals surface area contributed by atoms with E-state index in [0.717, 1.165) is 22.5 Å². The molecule has 0 aliphatic carbocycles. The largest absolute Gasteiger partial charge is 0.354 e. The van der Waals surface area contributed by atoms with E-state index in [2.05, 4.69) is 10.5 Å². The van der Waals surface area contributed by atoms with Crippen LogP contribution in [0.3, 0.4) is 0 Å². The summed E-state index contributed by atoms with van der Waals surface area (Å²) in [4.78, 5) is 12.3. The number of aryl methyl sites for hydroxylation is 1. The molecule has 3 aromatic rings. The third-order valence-corrected chi connectivity index (χ3v) is 3.83. The Balaban J connectivity index is 1.87. The van der Waals surface area contributed by atoms with Crippen LogP contribution >= 0.6 is 0 Å². The number of anilines is 1. The molecule has 1 N–H and O–H groups in total. The first kappa shape index (κ1) is 14.1.